The van der Waals surface area contributed by atoms with E-state index in [4.69, 9.17) is 4.74 Å². The lowest BCUT2D eigenvalue weighted by molar-refractivity contribution is -0.128. The summed E-state index contributed by atoms with van der Waals surface area (Å²) in [5, 5.41) is 5.48. The molecule has 2 heterocycles. The molecular weight excluding hydrogens is 398 g/mol. The first-order valence-electron chi connectivity index (χ1n) is 9.90. The number of urea groups is 1. The van der Waals surface area contributed by atoms with Gasteiger partial charge in [0.15, 0.2) is 0 Å². The Morgan fingerprint density at radius 3 is 2.71 bits per heavy atom. The lowest BCUT2D eigenvalue weighted by atomic mass is 10.1. The summed E-state index contributed by atoms with van der Waals surface area (Å²) >= 11 is 0. The first-order chi connectivity index (χ1) is 14.9. The zero-order chi connectivity index (χ0) is 22.0. The maximum absolute atomic E-state index is 12.6. The molecule has 2 aromatic carbocycles. The molecular formula is C22H23N5O4. The standard InChI is InChI=1S/C22H23N5O4/c1-26-13-23-18-11-15(5-9-19(18)26)24-20(28)10-8-17-21(29)27(22(30)25-17)12-14-3-6-16(31-2)7-4-14/h3-7,9,11,13,17H,8,10,12H2,1-2H3,(H,24,28)(H,25,30)/t17-/m0/s1. The number of benzene rings is 2. The first kappa shape index (κ1) is 20.4. The third-order valence-electron chi connectivity index (χ3n) is 5.28. The molecule has 31 heavy (non-hydrogen) atoms. The minimum absolute atomic E-state index is 0.104. The monoisotopic (exact) mass is 421 g/mol. The molecule has 3 aromatic rings. The molecule has 0 unspecified atom stereocenters. The Balaban J connectivity index is 1.31. The summed E-state index contributed by atoms with van der Waals surface area (Å²) in [6.07, 6.45) is 2.04. The molecule has 4 amide bonds. The van der Waals surface area contributed by atoms with Gasteiger partial charge in [0.05, 0.1) is 31.0 Å². The van der Waals surface area contributed by atoms with Gasteiger partial charge in [-0.1, -0.05) is 12.1 Å². The molecule has 1 aliphatic rings. The summed E-state index contributed by atoms with van der Waals surface area (Å²) in [5.74, 6) is 0.140. The average molecular weight is 421 g/mol. The van der Waals surface area contributed by atoms with Crippen LogP contribution in [0.25, 0.3) is 11.0 Å². The summed E-state index contributed by atoms with van der Waals surface area (Å²) in [6, 6.07) is 11.5. The molecule has 0 radical (unpaired) electrons. The van der Waals surface area contributed by atoms with Crippen molar-refractivity contribution in [3.63, 3.8) is 0 Å². The van der Waals surface area contributed by atoms with Crippen LogP contribution >= 0.6 is 0 Å². The van der Waals surface area contributed by atoms with E-state index >= 15 is 0 Å². The van der Waals surface area contributed by atoms with Gasteiger partial charge in [0.1, 0.15) is 11.8 Å². The van der Waals surface area contributed by atoms with Gasteiger partial charge >= 0.3 is 6.03 Å². The molecule has 160 valence electrons. The average Bonchev–Trinajstić information content (AvgIpc) is 3.26. The van der Waals surface area contributed by atoms with Gasteiger partial charge < -0.3 is 19.9 Å². The fourth-order valence-electron chi connectivity index (χ4n) is 3.55. The molecule has 4 rings (SSSR count). The number of methoxy groups -OCH3 is 1. The number of ether oxygens (including phenoxy) is 1. The highest BCUT2D eigenvalue weighted by Crippen LogP contribution is 2.20. The zero-order valence-electron chi connectivity index (χ0n) is 17.3. The van der Waals surface area contributed by atoms with Gasteiger partial charge in [0.2, 0.25) is 5.91 Å². The van der Waals surface area contributed by atoms with E-state index < -0.39 is 12.1 Å². The van der Waals surface area contributed by atoms with Crippen molar-refractivity contribution in [2.24, 2.45) is 7.05 Å². The van der Waals surface area contributed by atoms with Gasteiger partial charge in [-0.2, -0.15) is 0 Å². The van der Waals surface area contributed by atoms with E-state index in [0.29, 0.717) is 11.4 Å². The molecule has 9 nitrogen and oxygen atoms in total. The van der Waals surface area contributed by atoms with Crippen molar-refractivity contribution >= 4 is 34.6 Å². The molecule has 1 aliphatic heterocycles. The Morgan fingerprint density at radius 1 is 1.19 bits per heavy atom. The van der Waals surface area contributed by atoms with Gasteiger partial charge in [-0.15, -0.1) is 0 Å². The van der Waals surface area contributed by atoms with Gasteiger partial charge in [-0.05, 0) is 42.3 Å². The summed E-state index contributed by atoms with van der Waals surface area (Å²) in [7, 11) is 3.47. The zero-order valence-corrected chi connectivity index (χ0v) is 17.3. The summed E-state index contributed by atoms with van der Waals surface area (Å²) in [6.45, 7) is 0.168. The van der Waals surface area contributed by atoms with Crippen molar-refractivity contribution in [1.29, 1.82) is 0 Å². The lowest BCUT2D eigenvalue weighted by Crippen LogP contribution is -2.31. The Kier molecular flexibility index (Phi) is 5.57. The predicted molar refractivity (Wildman–Crippen MR) is 114 cm³/mol. The number of hydrogen-bond donors (Lipinski definition) is 2. The second-order valence-electron chi connectivity index (χ2n) is 7.42. The van der Waals surface area contributed by atoms with E-state index in [0.717, 1.165) is 16.6 Å². The Hall–Kier alpha value is -3.88. The number of imidazole rings is 1. The number of aryl methyl sites for hydroxylation is 1. The highest BCUT2D eigenvalue weighted by Gasteiger charge is 2.37. The number of fused-ring (bicyclic) bond motifs is 1. The van der Waals surface area contributed by atoms with Crippen LogP contribution in [-0.2, 0) is 23.2 Å². The normalized spacial score (nSPS) is 15.9. The van der Waals surface area contributed by atoms with Crippen molar-refractivity contribution in [1.82, 2.24) is 19.8 Å². The van der Waals surface area contributed by atoms with Crippen LogP contribution < -0.4 is 15.4 Å². The third kappa shape index (κ3) is 4.35. The Labute approximate surface area is 179 Å². The smallest absolute Gasteiger partial charge is 0.325 e. The number of anilines is 1. The van der Waals surface area contributed by atoms with Crippen LogP contribution in [0.3, 0.4) is 0 Å². The second-order valence-corrected chi connectivity index (χ2v) is 7.42. The fraction of sp³-hybridized carbons (Fsp3) is 0.273. The Morgan fingerprint density at radius 2 is 1.97 bits per heavy atom. The molecule has 9 heteroatoms. The Bertz CT molecular complexity index is 1140. The van der Waals surface area contributed by atoms with Crippen LogP contribution in [0.4, 0.5) is 10.5 Å². The number of carbonyl (C=O) groups is 3. The lowest BCUT2D eigenvalue weighted by Gasteiger charge is -2.13. The van der Waals surface area contributed by atoms with Gasteiger partial charge in [-0.3, -0.25) is 14.5 Å². The van der Waals surface area contributed by atoms with E-state index in [9.17, 15) is 14.4 Å². The van der Waals surface area contributed by atoms with E-state index in [1.807, 2.05) is 17.7 Å². The largest absolute Gasteiger partial charge is 0.497 e. The molecule has 1 atom stereocenters. The molecule has 0 spiro atoms. The highest BCUT2D eigenvalue weighted by atomic mass is 16.5. The van der Waals surface area contributed by atoms with E-state index in [1.54, 1.807) is 49.8 Å². The van der Waals surface area contributed by atoms with Crippen molar-refractivity contribution in [2.45, 2.75) is 25.4 Å². The number of aromatic nitrogens is 2. The summed E-state index contributed by atoms with van der Waals surface area (Å²) in [4.78, 5) is 42.7. The van der Waals surface area contributed by atoms with Crippen LogP contribution in [0.2, 0.25) is 0 Å². The highest BCUT2D eigenvalue weighted by molar-refractivity contribution is 6.04. The molecule has 1 fully saturated rings. The fourth-order valence-corrected chi connectivity index (χ4v) is 3.55. The second kappa shape index (κ2) is 8.47. The third-order valence-corrected chi connectivity index (χ3v) is 5.28. The minimum atomic E-state index is -0.713. The van der Waals surface area contributed by atoms with E-state index in [1.165, 1.54) is 4.90 Å². The van der Waals surface area contributed by atoms with Crippen LogP contribution in [0, 0.1) is 0 Å². The molecule has 0 saturated carbocycles. The number of imide groups is 1. The number of nitrogens with zero attached hydrogens (tertiary/aromatic N) is 3. The van der Waals surface area contributed by atoms with E-state index in [-0.39, 0.29) is 31.2 Å². The number of rotatable bonds is 7. The van der Waals surface area contributed by atoms with Crippen LogP contribution in [0.1, 0.15) is 18.4 Å². The molecule has 1 saturated heterocycles. The van der Waals surface area contributed by atoms with E-state index in [2.05, 4.69) is 15.6 Å². The maximum Gasteiger partial charge on any atom is 0.325 e. The predicted octanol–water partition coefficient (Wildman–Crippen LogP) is 2.42. The molecule has 2 N–H and O–H groups in total. The van der Waals surface area contributed by atoms with Crippen LogP contribution in [0.15, 0.2) is 48.8 Å². The maximum atomic E-state index is 12.6. The van der Waals surface area contributed by atoms with Crippen molar-refractivity contribution < 1.29 is 19.1 Å². The van der Waals surface area contributed by atoms with Crippen LogP contribution in [-0.4, -0.2) is 45.4 Å². The quantitative estimate of drug-likeness (QED) is 0.570. The molecule has 1 aromatic heterocycles. The van der Waals surface area contributed by atoms with Crippen molar-refractivity contribution in [2.75, 3.05) is 12.4 Å². The number of nitrogens with one attached hydrogen (secondary N) is 2. The molecule has 0 aliphatic carbocycles. The topological polar surface area (TPSA) is 106 Å². The van der Waals surface area contributed by atoms with Gasteiger partial charge in [0.25, 0.3) is 5.91 Å². The van der Waals surface area contributed by atoms with Crippen molar-refractivity contribution in [3.8, 4) is 5.75 Å². The van der Waals surface area contributed by atoms with Crippen LogP contribution in [0.5, 0.6) is 5.75 Å². The molecule has 0 bridgehead atoms. The first-order valence-corrected chi connectivity index (χ1v) is 9.90. The summed E-state index contributed by atoms with van der Waals surface area (Å²) in [5.41, 5.74) is 3.20. The van der Waals surface area contributed by atoms with Gasteiger partial charge in [-0.25, -0.2) is 9.78 Å². The SMILES string of the molecule is COc1ccc(CN2C(=O)N[C@@H](CCC(=O)Nc3ccc4c(c3)ncn4C)C2=O)cc1. The van der Waals surface area contributed by atoms with Gasteiger partial charge in [0, 0.05) is 19.2 Å². The number of carbonyl (C=O) groups excluding carboxylic acids is 3. The summed E-state index contributed by atoms with van der Waals surface area (Å²) < 4.78 is 7.01. The van der Waals surface area contributed by atoms with Crippen molar-refractivity contribution in [3.05, 3.63) is 54.4 Å². The number of hydrogen-bond acceptors (Lipinski definition) is 5. The minimum Gasteiger partial charge on any atom is -0.497 e. The number of amides is 4.